The molecule has 2 rings (SSSR count). The number of nitrogens with zero attached hydrogens (tertiary/aromatic N) is 2. The molecule has 0 aliphatic carbocycles. The van der Waals surface area contributed by atoms with E-state index in [9.17, 15) is 9.00 Å². The zero-order chi connectivity index (χ0) is 17.6. The third-order valence-corrected chi connectivity index (χ3v) is 7.71. The summed E-state index contributed by atoms with van der Waals surface area (Å²) in [6.07, 6.45) is 5.55. The fourth-order valence-electron chi connectivity index (χ4n) is 3.96. The highest BCUT2D eigenvalue weighted by Crippen LogP contribution is 2.33. The van der Waals surface area contributed by atoms with Crippen molar-refractivity contribution in [1.29, 1.82) is 0 Å². The van der Waals surface area contributed by atoms with Gasteiger partial charge in [-0.05, 0) is 32.6 Å². The van der Waals surface area contributed by atoms with Crippen LogP contribution >= 0.6 is 0 Å². The molecule has 0 aromatic rings. The van der Waals surface area contributed by atoms with Gasteiger partial charge in [-0.1, -0.05) is 26.7 Å². The van der Waals surface area contributed by atoms with Crippen LogP contribution in [0.4, 0.5) is 0 Å². The topological polar surface area (TPSA) is 59.0 Å². The molecule has 0 N–H and O–H groups in total. The molecule has 2 aliphatic heterocycles. The van der Waals surface area contributed by atoms with Crippen LogP contribution in [0.2, 0.25) is 0 Å². The van der Waals surface area contributed by atoms with E-state index in [-0.39, 0.29) is 11.5 Å². The predicted octanol–water partition coefficient (Wildman–Crippen LogP) is 3.08. The summed E-state index contributed by atoms with van der Waals surface area (Å²) in [7, 11) is -2.05. The zero-order valence-corrected chi connectivity index (χ0v) is 16.4. The molecule has 0 bridgehead atoms. The number of carbonyl (C=O) groups is 1. The van der Waals surface area contributed by atoms with Crippen LogP contribution in [0.3, 0.4) is 0 Å². The van der Waals surface area contributed by atoms with E-state index in [1.54, 1.807) is 0 Å². The summed E-state index contributed by atoms with van der Waals surface area (Å²) in [5, 5.41) is 0. The van der Waals surface area contributed by atoms with Gasteiger partial charge in [0.15, 0.2) is 0 Å². The first-order valence-electron chi connectivity index (χ1n) is 9.58. The number of hydrogen-bond donors (Lipinski definition) is 0. The first-order chi connectivity index (χ1) is 11.5. The summed E-state index contributed by atoms with van der Waals surface area (Å²) < 4.78 is 23.0. The number of hydrogen-bond acceptors (Lipinski definition) is 4. The van der Waals surface area contributed by atoms with Crippen LogP contribution < -0.4 is 0 Å². The van der Waals surface area contributed by atoms with Crippen molar-refractivity contribution in [2.24, 2.45) is 10.3 Å². The van der Waals surface area contributed by atoms with Crippen molar-refractivity contribution in [2.75, 3.05) is 37.7 Å². The number of carbonyl (C=O) groups excluding carboxylic acids is 1. The minimum absolute atomic E-state index is 0.151. The summed E-state index contributed by atoms with van der Waals surface area (Å²) in [5.41, 5.74) is -0.291. The third-order valence-electron chi connectivity index (χ3n) is 5.30. The minimum Gasteiger partial charge on any atom is -0.371 e. The molecule has 0 unspecified atom stereocenters. The maximum absolute atomic E-state index is 12.9. The molecule has 0 aromatic heterocycles. The fraction of sp³-hybridized carbons (Fsp3) is 0.944. The van der Waals surface area contributed by atoms with Gasteiger partial charge in [0, 0.05) is 46.8 Å². The van der Waals surface area contributed by atoms with Gasteiger partial charge in [-0.25, -0.2) is 8.57 Å². The smallest absolute Gasteiger partial charge is 0.225 e. The molecule has 24 heavy (non-hydrogen) atoms. The molecule has 140 valence electrons. The van der Waals surface area contributed by atoms with Crippen molar-refractivity contribution in [3.05, 3.63) is 0 Å². The van der Waals surface area contributed by atoms with E-state index in [1.807, 2.05) is 11.8 Å². The summed E-state index contributed by atoms with van der Waals surface area (Å²) in [4.78, 5) is 14.9. The number of rotatable bonds is 6. The van der Waals surface area contributed by atoms with Crippen molar-refractivity contribution in [2.45, 2.75) is 64.9 Å². The SMILES string of the molecule is CCCC(CCC)C(=O)N1CCOC2(CCS(=O)(=NCC)CC2)C1. The molecular weight excluding hydrogens is 324 g/mol. The lowest BCUT2D eigenvalue weighted by Gasteiger charge is -2.46. The Bertz CT molecular complexity index is 520. The summed E-state index contributed by atoms with van der Waals surface area (Å²) in [5.74, 6) is 1.66. The average molecular weight is 359 g/mol. The second-order valence-electron chi connectivity index (χ2n) is 7.19. The van der Waals surface area contributed by atoms with Crippen molar-refractivity contribution >= 4 is 15.6 Å². The van der Waals surface area contributed by atoms with E-state index in [4.69, 9.17) is 4.74 Å². The molecule has 0 saturated carbocycles. The monoisotopic (exact) mass is 358 g/mol. The van der Waals surface area contributed by atoms with Crippen molar-refractivity contribution < 1.29 is 13.7 Å². The maximum atomic E-state index is 12.9. The second-order valence-corrected chi connectivity index (χ2v) is 9.81. The first-order valence-corrected chi connectivity index (χ1v) is 11.4. The van der Waals surface area contributed by atoms with Crippen molar-refractivity contribution in [3.8, 4) is 0 Å². The molecule has 1 amide bonds. The Morgan fingerprint density at radius 3 is 2.38 bits per heavy atom. The average Bonchev–Trinajstić information content (AvgIpc) is 2.58. The Morgan fingerprint density at radius 2 is 1.83 bits per heavy atom. The molecule has 1 spiro atoms. The fourth-order valence-corrected chi connectivity index (χ4v) is 6.28. The van der Waals surface area contributed by atoms with Crippen LogP contribution in [-0.2, 0) is 19.3 Å². The largest absolute Gasteiger partial charge is 0.371 e. The lowest BCUT2D eigenvalue weighted by Crippen LogP contribution is -2.57. The molecule has 2 aliphatic rings. The van der Waals surface area contributed by atoms with Gasteiger partial charge in [-0.3, -0.25) is 4.79 Å². The molecule has 2 saturated heterocycles. The van der Waals surface area contributed by atoms with E-state index in [0.29, 0.717) is 43.7 Å². The second kappa shape index (κ2) is 8.65. The van der Waals surface area contributed by atoms with E-state index in [0.717, 1.165) is 38.5 Å². The normalized spacial score (nSPS) is 30.8. The lowest BCUT2D eigenvalue weighted by molar-refractivity contribution is -0.156. The van der Waals surface area contributed by atoms with Crippen LogP contribution in [0, 0.1) is 5.92 Å². The Morgan fingerprint density at radius 1 is 1.21 bits per heavy atom. The molecule has 2 fully saturated rings. The Kier molecular flexibility index (Phi) is 7.10. The van der Waals surface area contributed by atoms with Gasteiger partial charge in [0.1, 0.15) is 0 Å². The molecule has 6 heteroatoms. The maximum Gasteiger partial charge on any atom is 0.225 e. The Hall–Kier alpha value is -0.620. The summed E-state index contributed by atoms with van der Waals surface area (Å²) >= 11 is 0. The third kappa shape index (κ3) is 4.72. The van der Waals surface area contributed by atoms with Crippen molar-refractivity contribution in [1.82, 2.24) is 4.90 Å². The van der Waals surface area contributed by atoms with Crippen LogP contribution in [-0.4, -0.2) is 58.4 Å². The van der Waals surface area contributed by atoms with E-state index < -0.39 is 9.73 Å². The van der Waals surface area contributed by atoms with Crippen molar-refractivity contribution in [3.63, 3.8) is 0 Å². The summed E-state index contributed by atoms with van der Waals surface area (Å²) in [6.45, 7) is 8.81. The molecular formula is C18H34N2O3S. The van der Waals surface area contributed by atoms with Gasteiger partial charge in [0.2, 0.25) is 5.91 Å². The highest BCUT2D eigenvalue weighted by molar-refractivity contribution is 7.93. The van der Waals surface area contributed by atoms with Gasteiger partial charge >= 0.3 is 0 Å². The molecule has 0 radical (unpaired) electrons. The first kappa shape index (κ1) is 19.7. The van der Waals surface area contributed by atoms with Crippen LogP contribution in [0.1, 0.15) is 59.3 Å². The Balaban J connectivity index is 2.03. The summed E-state index contributed by atoms with van der Waals surface area (Å²) in [6, 6.07) is 0. The van der Waals surface area contributed by atoms with Gasteiger partial charge in [0.25, 0.3) is 0 Å². The highest BCUT2D eigenvalue weighted by Gasteiger charge is 2.42. The van der Waals surface area contributed by atoms with E-state index in [1.165, 1.54) is 0 Å². The van der Waals surface area contributed by atoms with E-state index in [2.05, 4.69) is 18.2 Å². The minimum atomic E-state index is -2.05. The van der Waals surface area contributed by atoms with Gasteiger partial charge in [0.05, 0.1) is 12.2 Å². The quantitative estimate of drug-likeness (QED) is 0.733. The van der Waals surface area contributed by atoms with Gasteiger partial charge in [-0.15, -0.1) is 0 Å². The predicted molar refractivity (Wildman–Crippen MR) is 98.6 cm³/mol. The highest BCUT2D eigenvalue weighted by atomic mass is 32.2. The molecule has 2 heterocycles. The number of morpholine rings is 1. The molecule has 0 aromatic carbocycles. The molecule has 0 atom stereocenters. The zero-order valence-electron chi connectivity index (χ0n) is 15.6. The van der Waals surface area contributed by atoms with Gasteiger partial charge in [-0.2, -0.15) is 0 Å². The molecule has 5 nitrogen and oxygen atoms in total. The van der Waals surface area contributed by atoms with Crippen LogP contribution in [0.25, 0.3) is 0 Å². The van der Waals surface area contributed by atoms with Crippen LogP contribution in [0.5, 0.6) is 0 Å². The lowest BCUT2D eigenvalue weighted by atomic mass is 9.91. The standard InChI is InChI=1S/C18H34N2O3S/c1-4-7-16(8-5-2)17(21)20-11-12-23-18(15-20)9-13-24(22,14-10-18)19-6-3/h16H,4-15H2,1-3H3. The number of amides is 1. The van der Waals surface area contributed by atoms with Gasteiger partial charge < -0.3 is 9.64 Å². The Labute approximate surface area is 147 Å². The van der Waals surface area contributed by atoms with Crippen LogP contribution in [0.15, 0.2) is 4.36 Å². The van der Waals surface area contributed by atoms with E-state index >= 15 is 0 Å². The number of ether oxygens (including phenoxy) is 1.